The minimum Gasteiger partial charge on any atom is -0.382 e. The van der Waals surface area contributed by atoms with Gasteiger partial charge in [-0.2, -0.15) is 5.10 Å². The summed E-state index contributed by atoms with van der Waals surface area (Å²) >= 11 is 0. The lowest BCUT2D eigenvalue weighted by molar-refractivity contribution is -0.0142. The molecule has 0 bridgehead atoms. The molecule has 2 unspecified atom stereocenters. The van der Waals surface area contributed by atoms with E-state index in [0.717, 1.165) is 12.1 Å². The van der Waals surface area contributed by atoms with Crippen molar-refractivity contribution in [1.29, 1.82) is 5.41 Å². The predicted octanol–water partition coefficient (Wildman–Crippen LogP) is 2.32. The summed E-state index contributed by atoms with van der Waals surface area (Å²) in [7, 11) is 0. The number of nitrogens with zero attached hydrogens (tertiary/aromatic N) is 3. The van der Waals surface area contributed by atoms with Gasteiger partial charge in [-0.05, 0) is 18.1 Å². The van der Waals surface area contributed by atoms with E-state index in [0.29, 0.717) is 24.2 Å². The first-order valence-corrected chi connectivity index (χ1v) is 9.55. The molecule has 0 fully saturated rings. The molecule has 0 saturated carbocycles. The molecule has 3 rings (SSSR count). The molecule has 158 valence electrons. The van der Waals surface area contributed by atoms with E-state index < -0.39 is 23.3 Å². The Morgan fingerprint density at radius 2 is 2.00 bits per heavy atom. The molecule has 0 radical (unpaired) electrons. The van der Waals surface area contributed by atoms with Crippen molar-refractivity contribution in [3.05, 3.63) is 83.4 Å². The number of halogens is 2. The topological polar surface area (TPSA) is 113 Å². The van der Waals surface area contributed by atoms with Crippen LogP contribution in [-0.2, 0) is 5.60 Å². The van der Waals surface area contributed by atoms with E-state index >= 15 is 0 Å². The van der Waals surface area contributed by atoms with Gasteiger partial charge in [0, 0.05) is 30.3 Å². The lowest BCUT2D eigenvalue weighted by Crippen LogP contribution is -2.38. The Bertz CT molecular complexity index is 993. The summed E-state index contributed by atoms with van der Waals surface area (Å²) in [4.78, 5) is 3.96. The molecule has 9 heteroatoms. The van der Waals surface area contributed by atoms with Gasteiger partial charge in [-0.25, -0.2) is 18.4 Å². The van der Waals surface area contributed by atoms with Crippen LogP contribution in [0.3, 0.4) is 0 Å². The largest absolute Gasteiger partial charge is 0.382 e. The zero-order chi connectivity index (χ0) is 21.7. The van der Waals surface area contributed by atoms with Crippen molar-refractivity contribution in [1.82, 2.24) is 20.1 Å². The van der Waals surface area contributed by atoms with Crippen LogP contribution in [0.2, 0.25) is 0 Å². The fourth-order valence-electron chi connectivity index (χ4n) is 3.50. The first kappa shape index (κ1) is 21.5. The minimum absolute atomic E-state index is 0.0340. The summed E-state index contributed by atoms with van der Waals surface area (Å²) in [6.07, 6.45) is 2.89. The summed E-state index contributed by atoms with van der Waals surface area (Å²) in [5.74, 6) is -1.34. The van der Waals surface area contributed by atoms with Gasteiger partial charge < -0.3 is 16.2 Å². The SMILES string of the molecule is CCC(O)(c1ccc(F)cc1F)C(c1ccc(C(=N)NCCN)cc1)n1cncn1. The Morgan fingerprint density at radius 1 is 1.27 bits per heavy atom. The zero-order valence-electron chi connectivity index (χ0n) is 16.5. The second-order valence-electron chi connectivity index (χ2n) is 6.89. The van der Waals surface area contributed by atoms with Crippen molar-refractivity contribution in [3.63, 3.8) is 0 Å². The molecule has 30 heavy (non-hydrogen) atoms. The number of nitrogens with two attached hydrogens (primary N) is 1. The second-order valence-corrected chi connectivity index (χ2v) is 6.89. The molecule has 0 saturated heterocycles. The highest BCUT2D eigenvalue weighted by atomic mass is 19.1. The first-order valence-electron chi connectivity index (χ1n) is 9.55. The molecule has 2 atom stereocenters. The number of hydrogen-bond donors (Lipinski definition) is 4. The van der Waals surface area contributed by atoms with Gasteiger partial charge in [0.15, 0.2) is 0 Å². The molecular weight excluding hydrogens is 390 g/mol. The molecule has 1 heterocycles. The average Bonchev–Trinajstić information content (AvgIpc) is 3.26. The third-order valence-corrected chi connectivity index (χ3v) is 5.05. The number of benzene rings is 2. The first-order chi connectivity index (χ1) is 14.4. The highest BCUT2D eigenvalue weighted by molar-refractivity contribution is 5.96. The van der Waals surface area contributed by atoms with Crippen LogP contribution in [-0.4, -0.2) is 38.8 Å². The van der Waals surface area contributed by atoms with E-state index in [1.807, 2.05) is 0 Å². The van der Waals surface area contributed by atoms with Gasteiger partial charge in [0.2, 0.25) is 0 Å². The molecule has 0 aliphatic carbocycles. The fraction of sp³-hybridized carbons (Fsp3) is 0.286. The Balaban J connectivity index is 2.06. The molecule has 3 aromatic rings. The van der Waals surface area contributed by atoms with Gasteiger partial charge in [-0.3, -0.25) is 5.41 Å². The van der Waals surface area contributed by atoms with E-state index in [9.17, 15) is 13.9 Å². The number of rotatable bonds is 8. The third-order valence-electron chi connectivity index (χ3n) is 5.05. The van der Waals surface area contributed by atoms with Gasteiger partial charge in [-0.1, -0.05) is 37.3 Å². The van der Waals surface area contributed by atoms with E-state index in [1.54, 1.807) is 31.2 Å². The number of nitrogens with one attached hydrogen (secondary N) is 2. The molecular formula is C21H24F2N6O. The van der Waals surface area contributed by atoms with Crippen molar-refractivity contribution in [2.24, 2.45) is 5.73 Å². The molecule has 2 aromatic carbocycles. The van der Waals surface area contributed by atoms with Crippen molar-refractivity contribution < 1.29 is 13.9 Å². The Morgan fingerprint density at radius 3 is 2.57 bits per heavy atom. The number of aliphatic hydroxyl groups is 1. The van der Waals surface area contributed by atoms with Gasteiger partial charge in [0.05, 0.1) is 0 Å². The molecule has 0 aliphatic heterocycles. The molecule has 7 nitrogen and oxygen atoms in total. The molecule has 1 aromatic heterocycles. The second kappa shape index (κ2) is 9.10. The molecule has 0 aliphatic rings. The van der Waals surface area contributed by atoms with Crippen LogP contribution in [0.15, 0.2) is 55.1 Å². The van der Waals surface area contributed by atoms with E-state index in [1.165, 1.54) is 23.4 Å². The number of aromatic nitrogens is 3. The van der Waals surface area contributed by atoms with Gasteiger partial charge in [0.1, 0.15) is 41.8 Å². The maximum atomic E-state index is 14.6. The highest BCUT2D eigenvalue weighted by Crippen LogP contribution is 2.41. The number of amidine groups is 1. The quantitative estimate of drug-likeness (QED) is 0.334. The van der Waals surface area contributed by atoms with Gasteiger partial charge in [-0.15, -0.1) is 0 Å². The maximum absolute atomic E-state index is 14.6. The van der Waals surface area contributed by atoms with Crippen LogP contribution in [0.5, 0.6) is 0 Å². The minimum atomic E-state index is -1.72. The van der Waals surface area contributed by atoms with Crippen LogP contribution in [0, 0.1) is 17.0 Å². The lowest BCUT2D eigenvalue weighted by atomic mass is 9.80. The van der Waals surface area contributed by atoms with Gasteiger partial charge in [0.25, 0.3) is 0 Å². The Labute approximate surface area is 173 Å². The Hall–Kier alpha value is -3.17. The monoisotopic (exact) mass is 414 g/mol. The summed E-state index contributed by atoms with van der Waals surface area (Å²) < 4.78 is 29.6. The van der Waals surface area contributed by atoms with Gasteiger partial charge >= 0.3 is 0 Å². The van der Waals surface area contributed by atoms with Crippen LogP contribution in [0.4, 0.5) is 8.78 Å². The molecule has 0 spiro atoms. The summed E-state index contributed by atoms with van der Waals surface area (Å²) in [5.41, 5.74) is 4.96. The van der Waals surface area contributed by atoms with Crippen molar-refractivity contribution in [3.8, 4) is 0 Å². The summed E-state index contributed by atoms with van der Waals surface area (Å²) in [5, 5.41) is 26.7. The summed E-state index contributed by atoms with van der Waals surface area (Å²) in [6.45, 7) is 2.59. The third kappa shape index (κ3) is 4.22. The van der Waals surface area contributed by atoms with Crippen LogP contribution >= 0.6 is 0 Å². The standard InChI is InChI=1S/C21H24F2N6O/c1-2-21(30,17-8-7-16(22)11-18(17)23)19(29-13-26-12-28-29)14-3-5-15(6-4-14)20(25)27-10-9-24/h3-8,11-13,19,30H,2,9-10,24H2,1H3,(H2,25,27). The van der Waals surface area contributed by atoms with Crippen molar-refractivity contribution >= 4 is 5.84 Å². The maximum Gasteiger partial charge on any atom is 0.137 e. The average molecular weight is 414 g/mol. The summed E-state index contributed by atoms with van der Waals surface area (Å²) in [6, 6.07) is 9.21. The molecule has 0 amide bonds. The number of hydrogen-bond acceptors (Lipinski definition) is 5. The van der Waals surface area contributed by atoms with E-state index in [4.69, 9.17) is 11.1 Å². The van der Waals surface area contributed by atoms with Crippen molar-refractivity contribution in [2.45, 2.75) is 25.0 Å². The Kier molecular flexibility index (Phi) is 6.53. The van der Waals surface area contributed by atoms with E-state index in [2.05, 4.69) is 15.4 Å². The highest BCUT2D eigenvalue weighted by Gasteiger charge is 2.42. The van der Waals surface area contributed by atoms with Crippen LogP contribution < -0.4 is 11.1 Å². The predicted molar refractivity (Wildman–Crippen MR) is 109 cm³/mol. The normalized spacial score (nSPS) is 14.2. The molecule has 5 N–H and O–H groups in total. The van der Waals surface area contributed by atoms with Crippen LogP contribution in [0.1, 0.15) is 36.1 Å². The fourth-order valence-corrected chi connectivity index (χ4v) is 3.50. The van der Waals surface area contributed by atoms with E-state index in [-0.39, 0.29) is 17.8 Å². The lowest BCUT2D eigenvalue weighted by Gasteiger charge is -2.36. The smallest absolute Gasteiger partial charge is 0.137 e. The van der Waals surface area contributed by atoms with Crippen molar-refractivity contribution in [2.75, 3.05) is 13.1 Å². The van der Waals surface area contributed by atoms with Crippen LogP contribution in [0.25, 0.3) is 0 Å². The zero-order valence-corrected chi connectivity index (χ0v) is 16.5.